The standard InChI is InChI=1S/C9H8O2/c10-6-9(7-11-9)8-4-2-1-3-5-8/h1-6H,7H2. The highest BCUT2D eigenvalue weighted by atomic mass is 16.6. The molecule has 0 amide bonds. The normalized spacial score (nSPS) is 28.0. The molecule has 1 saturated heterocycles. The highest BCUT2D eigenvalue weighted by Crippen LogP contribution is 2.35. The second-order valence-corrected chi connectivity index (χ2v) is 2.66. The fourth-order valence-electron chi connectivity index (χ4n) is 1.10. The maximum atomic E-state index is 10.6. The Bertz CT molecular complexity index is 262. The fraction of sp³-hybridized carbons (Fsp3) is 0.222. The molecule has 0 aliphatic carbocycles. The van der Waals surface area contributed by atoms with Crippen molar-refractivity contribution in [2.24, 2.45) is 0 Å². The lowest BCUT2D eigenvalue weighted by atomic mass is 10.0. The van der Waals surface area contributed by atoms with Crippen molar-refractivity contribution in [1.29, 1.82) is 0 Å². The van der Waals surface area contributed by atoms with Crippen molar-refractivity contribution < 1.29 is 9.53 Å². The molecule has 0 N–H and O–H groups in total. The van der Waals surface area contributed by atoms with E-state index in [1.165, 1.54) is 0 Å². The summed E-state index contributed by atoms with van der Waals surface area (Å²) in [7, 11) is 0. The van der Waals surface area contributed by atoms with E-state index in [1.54, 1.807) is 0 Å². The Kier molecular flexibility index (Phi) is 1.29. The molecule has 1 aliphatic heterocycles. The van der Waals surface area contributed by atoms with Gasteiger partial charge in [0.2, 0.25) is 0 Å². The first-order valence-electron chi connectivity index (χ1n) is 3.53. The molecule has 1 heterocycles. The third-order valence-electron chi connectivity index (χ3n) is 1.91. The van der Waals surface area contributed by atoms with Gasteiger partial charge in [-0.05, 0) is 5.56 Å². The summed E-state index contributed by atoms with van der Waals surface area (Å²) in [6.45, 7) is 0.528. The van der Waals surface area contributed by atoms with Crippen LogP contribution < -0.4 is 0 Å². The van der Waals surface area contributed by atoms with Gasteiger partial charge in [-0.1, -0.05) is 30.3 Å². The van der Waals surface area contributed by atoms with E-state index in [0.29, 0.717) is 6.61 Å². The van der Waals surface area contributed by atoms with Gasteiger partial charge in [0.05, 0.1) is 6.61 Å². The zero-order valence-electron chi connectivity index (χ0n) is 5.99. The minimum atomic E-state index is -0.596. The van der Waals surface area contributed by atoms with E-state index < -0.39 is 5.60 Å². The molecule has 0 saturated carbocycles. The Morgan fingerprint density at radius 1 is 1.36 bits per heavy atom. The first kappa shape index (κ1) is 6.55. The highest BCUT2D eigenvalue weighted by molar-refractivity contribution is 5.69. The molecule has 0 bridgehead atoms. The third kappa shape index (κ3) is 0.955. The van der Waals surface area contributed by atoms with E-state index in [4.69, 9.17) is 4.74 Å². The summed E-state index contributed by atoms with van der Waals surface area (Å²) in [4.78, 5) is 10.6. The highest BCUT2D eigenvalue weighted by Gasteiger charge is 2.46. The zero-order chi connectivity index (χ0) is 7.73. The molecule has 0 aromatic heterocycles. The summed E-state index contributed by atoms with van der Waals surface area (Å²) in [5.41, 5.74) is 0.358. The Morgan fingerprint density at radius 3 is 2.45 bits per heavy atom. The van der Waals surface area contributed by atoms with E-state index in [2.05, 4.69) is 0 Å². The molecule has 2 heteroatoms. The summed E-state index contributed by atoms with van der Waals surface area (Å²) in [6, 6.07) is 9.54. The van der Waals surface area contributed by atoms with Crippen molar-refractivity contribution in [3.63, 3.8) is 0 Å². The van der Waals surface area contributed by atoms with Crippen LogP contribution in [0.25, 0.3) is 0 Å². The van der Waals surface area contributed by atoms with E-state index in [-0.39, 0.29) is 0 Å². The lowest BCUT2D eigenvalue weighted by Crippen LogP contribution is -2.09. The molecule has 1 aromatic rings. The summed E-state index contributed by atoms with van der Waals surface area (Å²) in [5.74, 6) is 0. The lowest BCUT2D eigenvalue weighted by molar-refractivity contribution is -0.112. The summed E-state index contributed by atoms with van der Waals surface area (Å²) < 4.78 is 5.06. The largest absolute Gasteiger partial charge is 0.356 e. The fourth-order valence-corrected chi connectivity index (χ4v) is 1.10. The van der Waals surface area contributed by atoms with Crippen LogP contribution >= 0.6 is 0 Å². The monoisotopic (exact) mass is 148 g/mol. The van der Waals surface area contributed by atoms with Crippen LogP contribution in [0.1, 0.15) is 5.56 Å². The maximum Gasteiger partial charge on any atom is 0.171 e. The summed E-state index contributed by atoms with van der Waals surface area (Å²) in [6.07, 6.45) is 0.863. The van der Waals surface area contributed by atoms with Gasteiger partial charge >= 0.3 is 0 Å². The van der Waals surface area contributed by atoms with E-state index >= 15 is 0 Å². The topological polar surface area (TPSA) is 29.6 Å². The number of carbonyl (C=O) groups excluding carboxylic acids is 1. The second-order valence-electron chi connectivity index (χ2n) is 2.66. The van der Waals surface area contributed by atoms with Crippen LogP contribution in [0.2, 0.25) is 0 Å². The minimum absolute atomic E-state index is 0.528. The van der Waals surface area contributed by atoms with Crippen LogP contribution in [0.4, 0.5) is 0 Å². The molecule has 1 unspecified atom stereocenters. The predicted molar refractivity (Wildman–Crippen MR) is 40.1 cm³/mol. The molecular weight excluding hydrogens is 140 g/mol. The number of rotatable bonds is 2. The molecule has 1 aliphatic rings. The van der Waals surface area contributed by atoms with Crippen LogP contribution in [0.3, 0.4) is 0 Å². The number of epoxide rings is 1. The van der Waals surface area contributed by atoms with Gasteiger partial charge in [0, 0.05) is 0 Å². The van der Waals surface area contributed by atoms with Crippen molar-refractivity contribution in [2.75, 3.05) is 6.61 Å². The van der Waals surface area contributed by atoms with Gasteiger partial charge in [-0.2, -0.15) is 0 Å². The SMILES string of the molecule is O=CC1(c2ccccc2)CO1. The number of hydrogen-bond acceptors (Lipinski definition) is 2. The van der Waals surface area contributed by atoms with Crippen molar-refractivity contribution >= 4 is 6.29 Å². The smallest absolute Gasteiger partial charge is 0.171 e. The van der Waals surface area contributed by atoms with Crippen LogP contribution in [0.15, 0.2) is 30.3 Å². The Morgan fingerprint density at radius 2 is 2.00 bits per heavy atom. The van der Waals surface area contributed by atoms with Gasteiger partial charge in [-0.25, -0.2) is 0 Å². The molecule has 11 heavy (non-hydrogen) atoms. The average Bonchev–Trinajstić information content (AvgIpc) is 2.86. The third-order valence-corrected chi connectivity index (χ3v) is 1.91. The van der Waals surface area contributed by atoms with Crippen LogP contribution in [0.5, 0.6) is 0 Å². The lowest BCUT2D eigenvalue weighted by Gasteiger charge is -2.01. The molecule has 2 nitrogen and oxygen atoms in total. The minimum Gasteiger partial charge on any atom is -0.356 e. The van der Waals surface area contributed by atoms with E-state index in [1.807, 2.05) is 30.3 Å². The van der Waals surface area contributed by atoms with Crippen molar-refractivity contribution in [2.45, 2.75) is 5.60 Å². The number of benzene rings is 1. The zero-order valence-corrected chi connectivity index (χ0v) is 5.99. The molecule has 0 radical (unpaired) electrons. The van der Waals surface area contributed by atoms with Crippen molar-refractivity contribution in [1.82, 2.24) is 0 Å². The van der Waals surface area contributed by atoms with Crippen LogP contribution in [-0.2, 0) is 15.1 Å². The average molecular weight is 148 g/mol. The summed E-state index contributed by atoms with van der Waals surface area (Å²) >= 11 is 0. The molecule has 2 rings (SSSR count). The molecular formula is C9H8O2. The first-order valence-corrected chi connectivity index (χ1v) is 3.53. The van der Waals surface area contributed by atoms with Gasteiger partial charge in [0.15, 0.2) is 11.9 Å². The maximum absolute atomic E-state index is 10.6. The summed E-state index contributed by atoms with van der Waals surface area (Å²) in [5, 5.41) is 0. The number of aldehydes is 1. The van der Waals surface area contributed by atoms with Gasteiger partial charge in [-0.3, -0.25) is 4.79 Å². The van der Waals surface area contributed by atoms with Gasteiger partial charge in [0.1, 0.15) is 0 Å². The molecule has 1 aromatic carbocycles. The molecule has 1 fully saturated rings. The Hall–Kier alpha value is -1.15. The quantitative estimate of drug-likeness (QED) is 0.464. The Labute approximate surface area is 64.8 Å². The van der Waals surface area contributed by atoms with Crippen molar-refractivity contribution in [3.05, 3.63) is 35.9 Å². The molecule has 0 spiro atoms. The second kappa shape index (κ2) is 2.17. The van der Waals surface area contributed by atoms with Gasteiger partial charge < -0.3 is 4.74 Å². The number of ether oxygens (including phenoxy) is 1. The Balaban J connectivity index is 2.37. The van der Waals surface area contributed by atoms with Gasteiger partial charge in [-0.15, -0.1) is 0 Å². The van der Waals surface area contributed by atoms with E-state index in [0.717, 1.165) is 11.8 Å². The number of hydrogen-bond donors (Lipinski definition) is 0. The molecule has 56 valence electrons. The molecule has 1 atom stereocenters. The van der Waals surface area contributed by atoms with E-state index in [9.17, 15) is 4.79 Å². The first-order chi connectivity index (χ1) is 5.37. The van der Waals surface area contributed by atoms with Gasteiger partial charge in [0.25, 0.3) is 0 Å². The predicted octanol–water partition coefficient (Wildman–Crippen LogP) is 1.11. The van der Waals surface area contributed by atoms with Crippen LogP contribution in [0, 0.1) is 0 Å². The van der Waals surface area contributed by atoms with Crippen molar-refractivity contribution in [3.8, 4) is 0 Å². The number of carbonyl (C=O) groups is 1. The van der Waals surface area contributed by atoms with Crippen LogP contribution in [-0.4, -0.2) is 12.9 Å².